The molecule has 1 heterocycles. The molecule has 86 valence electrons. The lowest BCUT2D eigenvalue weighted by atomic mass is 10.1. The normalized spacial score (nSPS) is 17.8. The van der Waals surface area contributed by atoms with Crippen molar-refractivity contribution in [3.63, 3.8) is 0 Å². The van der Waals surface area contributed by atoms with Gasteiger partial charge < -0.3 is 10.0 Å². The number of carbonyl (C=O) groups excluding carboxylic acids is 1. The first-order chi connectivity index (χ1) is 7.81. The molecule has 1 saturated heterocycles. The van der Waals surface area contributed by atoms with Crippen LogP contribution < -0.4 is 0 Å². The largest absolute Gasteiger partial charge is 0.394 e. The smallest absolute Gasteiger partial charge is 0.222 e. The van der Waals surface area contributed by atoms with Crippen molar-refractivity contribution in [2.45, 2.75) is 25.3 Å². The Morgan fingerprint density at radius 3 is 2.62 bits per heavy atom. The summed E-state index contributed by atoms with van der Waals surface area (Å²) in [5.41, 5.74) is 1.17. The Morgan fingerprint density at radius 2 is 2.06 bits per heavy atom. The molecule has 0 aliphatic carbocycles. The summed E-state index contributed by atoms with van der Waals surface area (Å²) >= 11 is 0. The third-order valence-corrected chi connectivity index (χ3v) is 3.08. The molecule has 1 atom stereocenters. The Labute approximate surface area is 95.7 Å². The third kappa shape index (κ3) is 2.42. The number of carbonyl (C=O) groups is 1. The van der Waals surface area contributed by atoms with Crippen LogP contribution in [0.3, 0.4) is 0 Å². The lowest BCUT2D eigenvalue weighted by molar-refractivity contribution is -0.130. The SMILES string of the molecule is O=C1CCCN1[C@@H](CO)Cc1ccccc1. The number of amides is 1. The minimum absolute atomic E-state index is 0.0423. The topological polar surface area (TPSA) is 40.5 Å². The molecule has 1 aromatic carbocycles. The van der Waals surface area contributed by atoms with E-state index in [0.717, 1.165) is 19.4 Å². The molecule has 2 rings (SSSR count). The molecule has 1 fully saturated rings. The third-order valence-electron chi connectivity index (χ3n) is 3.08. The van der Waals surface area contributed by atoms with E-state index in [1.807, 2.05) is 35.2 Å². The highest BCUT2D eigenvalue weighted by molar-refractivity contribution is 5.78. The van der Waals surface area contributed by atoms with Crippen LogP contribution in [0.5, 0.6) is 0 Å². The monoisotopic (exact) mass is 219 g/mol. The molecular formula is C13H17NO2. The maximum Gasteiger partial charge on any atom is 0.222 e. The lowest BCUT2D eigenvalue weighted by Gasteiger charge is -2.26. The van der Waals surface area contributed by atoms with E-state index in [1.54, 1.807) is 0 Å². The maximum absolute atomic E-state index is 11.6. The van der Waals surface area contributed by atoms with E-state index in [4.69, 9.17) is 0 Å². The first-order valence-corrected chi connectivity index (χ1v) is 5.75. The van der Waals surface area contributed by atoms with Crippen molar-refractivity contribution < 1.29 is 9.90 Å². The van der Waals surface area contributed by atoms with Gasteiger partial charge in [0.15, 0.2) is 0 Å². The molecular weight excluding hydrogens is 202 g/mol. The number of aliphatic hydroxyl groups is 1. The molecule has 0 unspecified atom stereocenters. The van der Waals surface area contributed by atoms with Gasteiger partial charge in [-0.25, -0.2) is 0 Å². The molecule has 16 heavy (non-hydrogen) atoms. The average molecular weight is 219 g/mol. The van der Waals surface area contributed by atoms with Crippen molar-refractivity contribution in [3.8, 4) is 0 Å². The van der Waals surface area contributed by atoms with Gasteiger partial charge in [-0.3, -0.25) is 4.79 Å². The van der Waals surface area contributed by atoms with Crippen LogP contribution in [0.15, 0.2) is 30.3 Å². The predicted octanol–water partition coefficient (Wildman–Crippen LogP) is 1.21. The zero-order valence-corrected chi connectivity index (χ0v) is 9.30. The van der Waals surface area contributed by atoms with Crippen LogP contribution in [0.2, 0.25) is 0 Å². The Kier molecular flexibility index (Phi) is 3.57. The van der Waals surface area contributed by atoms with Crippen LogP contribution in [0.1, 0.15) is 18.4 Å². The number of hydrogen-bond donors (Lipinski definition) is 1. The number of hydrogen-bond acceptors (Lipinski definition) is 2. The number of nitrogens with zero attached hydrogens (tertiary/aromatic N) is 1. The van der Waals surface area contributed by atoms with Gasteiger partial charge in [0.25, 0.3) is 0 Å². The molecule has 0 spiro atoms. The average Bonchev–Trinajstić information content (AvgIpc) is 2.74. The quantitative estimate of drug-likeness (QED) is 0.827. The zero-order chi connectivity index (χ0) is 11.4. The van der Waals surface area contributed by atoms with E-state index in [2.05, 4.69) is 0 Å². The Bertz CT molecular complexity index is 350. The fourth-order valence-corrected chi connectivity index (χ4v) is 2.21. The van der Waals surface area contributed by atoms with Crippen LogP contribution >= 0.6 is 0 Å². The molecule has 1 amide bonds. The summed E-state index contributed by atoms with van der Waals surface area (Å²) in [5.74, 6) is 0.176. The van der Waals surface area contributed by atoms with E-state index >= 15 is 0 Å². The summed E-state index contributed by atoms with van der Waals surface area (Å²) in [4.78, 5) is 13.4. The second-order valence-corrected chi connectivity index (χ2v) is 4.22. The second kappa shape index (κ2) is 5.12. The van der Waals surface area contributed by atoms with Gasteiger partial charge in [0.1, 0.15) is 0 Å². The van der Waals surface area contributed by atoms with Crippen molar-refractivity contribution in [1.29, 1.82) is 0 Å². The molecule has 1 N–H and O–H groups in total. The van der Waals surface area contributed by atoms with Crippen molar-refractivity contribution in [1.82, 2.24) is 4.90 Å². The van der Waals surface area contributed by atoms with E-state index in [1.165, 1.54) is 5.56 Å². The Morgan fingerprint density at radius 1 is 1.31 bits per heavy atom. The molecule has 3 nitrogen and oxygen atoms in total. The van der Waals surface area contributed by atoms with Gasteiger partial charge in [-0.2, -0.15) is 0 Å². The number of rotatable bonds is 4. The first kappa shape index (κ1) is 11.1. The standard InChI is InChI=1S/C13H17NO2/c15-10-12(14-8-4-7-13(14)16)9-11-5-2-1-3-6-11/h1-3,5-6,12,15H,4,7-10H2/t12-/m1/s1. The fourth-order valence-electron chi connectivity index (χ4n) is 2.21. The minimum atomic E-state index is -0.0580. The summed E-state index contributed by atoms with van der Waals surface area (Å²) in [7, 11) is 0. The van der Waals surface area contributed by atoms with Gasteiger partial charge in [0, 0.05) is 13.0 Å². The molecule has 0 saturated carbocycles. The maximum atomic E-state index is 11.6. The number of likely N-dealkylation sites (tertiary alicyclic amines) is 1. The van der Waals surface area contributed by atoms with Crippen molar-refractivity contribution in [3.05, 3.63) is 35.9 Å². The molecule has 1 aliphatic heterocycles. The van der Waals surface area contributed by atoms with Gasteiger partial charge in [-0.15, -0.1) is 0 Å². The van der Waals surface area contributed by atoms with Gasteiger partial charge in [-0.05, 0) is 18.4 Å². The minimum Gasteiger partial charge on any atom is -0.394 e. The van der Waals surface area contributed by atoms with Crippen molar-refractivity contribution in [2.24, 2.45) is 0 Å². The van der Waals surface area contributed by atoms with E-state index in [9.17, 15) is 9.90 Å². The highest BCUT2D eigenvalue weighted by atomic mass is 16.3. The fraction of sp³-hybridized carbons (Fsp3) is 0.462. The van der Waals surface area contributed by atoms with Crippen LogP contribution in [0, 0.1) is 0 Å². The molecule has 1 aliphatic rings. The molecule has 0 aromatic heterocycles. The first-order valence-electron chi connectivity index (χ1n) is 5.75. The molecule has 0 radical (unpaired) electrons. The zero-order valence-electron chi connectivity index (χ0n) is 9.30. The Balaban J connectivity index is 2.03. The second-order valence-electron chi connectivity index (χ2n) is 4.22. The van der Waals surface area contributed by atoms with Crippen molar-refractivity contribution >= 4 is 5.91 Å². The van der Waals surface area contributed by atoms with Crippen LogP contribution in [-0.2, 0) is 11.2 Å². The van der Waals surface area contributed by atoms with E-state index < -0.39 is 0 Å². The summed E-state index contributed by atoms with van der Waals surface area (Å²) in [6, 6.07) is 9.94. The lowest BCUT2D eigenvalue weighted by Crippen LogP contribution is -2.40. The van der Waals surface area contributed by atoms with Crippen LogP contribution in [0.4, 0.5) is 0 Å². The molecule has 0 bridgehead atoms. The molecule has 1 aromatic rings. The van der Waals surface area contributed by atoms with E-state index in [-0.39, 0.29) is 18.6 Å². The van der Waals surface area contributed by atoms with E-state index in [0.29, 0.717) is 6.42 Å². The van der Waals surface area contributed by atoms with Gasteiger partial charge >= 0.3 is 0 Å². The van der Waals surface area contributed by atoms with Gasteiger partial charge in [-0.1, -0.05) is 30.3 Å². The summed E-state index contributed by atoms with van der Waals surface area (Å²) in [5, 5.41) is 9.37. The number of aliphatic hydroxyl groups excluding tert-OH is 1. The highest BCUT2D eigenvalue weighted by Gasteiger charge is 2.27. The summed E-state index contributed by atoms with van der Waals surface area (Å²) in [6.07, 6.45) is 2.29. The summed E-state index contributed by atoms with van der Waals surface area (Å²) in [6.45, 7) is 0.831. The predicted molar refractivity (Wildman–Crippen MR) is 62.0 cm³/mol. The Hall–Kier alpha value is -1.35. The number of benzene rings is 1. The highest BCUT2D eigenvalue weighted by Crippen LogP contribution is 2.16. The van der Waals surface area contributed by atoms with Crippen LogP contribution in [0.25, 0.3) is 0 Å². The van der Waals surface area contributed by atoms with Crippen LogP contribution in [-0.4, -0.2) is 35.1 Å². The van der Waals surface area contributed by atoms with Gasteiger partial charge in [0.2, 0.25) is 5.91 Å². The van der Waals surface area contributed by atoms with Gasteiger partial charge in [0.05, 0.1) is 12.6 Å². The van der Waals surface area contributed by atoms with Crippen molar-refractivity contribution in [2.75, 3.05) is 13.2 Å². The molecule has 3 heteroatoms. The summed E-state index contributed by atoms with van der Waals surface area (Å²) < 4.78 is 0.